The molecule has 0 unspecified atom stereocenters. The van der Waals surface area contributed by atoms with Gasteiger partial charge in [-0.15, -0.1) is 0 Å². The predicted octanol–water partition coefficient (Wildman–Crippen LogP) is 1.66. The summed E-state index contributed by atoms with van der Waals surface area (Å²) in [6.45, 7) is 0.841. The lowest BCUT2D eigenvalue weighted by molar-refractivity contribution is 0.185. The molecule has 0 aliphatic rings. The summed E-state index contributed by atoms with van der Waals surface area (Å²) in [5.41, 5.74) is 2.55. The quantitative estimate of drug-likeness (QED) is 0.786. The summed E-state index contributed by atoms with van der Waals surface area (Å²) < 4.78 is 16.0. The molecular formula is C16H18BO4. The molecule has 0 bridgehead atoms. The molecule has 1 radical (unpaired) electrons. The highest BCUT2D eigenvalue weighted by molar-refractivity contribution is 6.47. The Labute approximate surface area is 125 Å². The summed E-state index contributed by atoms with van der Waals surface area (Å²) in [5, 5.41) is 9.41. The number of hydrogen-bond donors (Lipinski definition) is 1. The van der Waals surface area contributed by atoms with Gasteiger partial charge < -0.3 is 19.2 Å². The van der Waals surface area contributed by atoms with E-state index in [0.29, 0.717) is 24.4 Å². The predicted molar refractivity (Wildman–Crippen MR) is 82.1 cm³/mol. The Kier molecular flexibility index (Phi) is 5.66. The van der Waals surface area contributed by atoms with Crippen LogP contribution in [0, 0.1) is 0 Å². The SMILES string of the molecule is COCc1cccc(OCc2ccc(OC)cc2)c1[B]O. The molecule has 0 heterocycles. The average Bonchev–Trinajstić information content (AvgIpc) is 2.54. The van der Waals surface area contributed by atoms with Crippen molar-refractivity contribution >= 4 is 12.9 Å². The molecule has 2 aromatic rings. The summed E-state index contributed by atoms with van der Waals surface area (Å²) in [6, 6.07) is 13.3. The van der Waals surface area contributed by atoms with Crippen LogP contribution in [0.2, 0.25) is 0 Å². The fourth-order valence-electron chi connectivity index (χ4n) is 2.03. The van der Waals surface area contributed by atoms with E-state index >= 15 is 0 Å². The van der Waals surface area contributed by atoms with Crippen molar-refractivity contribution in [2.75, 3.05) is 14.2 Å². The van der Waals surface area contributed by atoms with Crippen LogP contribution < -0.4 is 14.9 Å². The maximum Gasteiger partial charge on any atom is 0.331 e. The normalized spacial score (nSPS) is 10.2. The van der Waals surface area contributed by atoms with E-state index < -0.39 is 0 Å². The zero-order chi connectivity index (χ0) is 15.1. The van der Waals surface area contributed by atoms with Crippen molar-refractivity contribution in [2.24, 2.45) is 0 Å². The second-order valence-corrected chi connectivity index (χ2v) is 4.53. The van der Waals surface area contributed by atoms with E-state index in [1.54, 1.807) is 14.2 Å². The Morgan fingerprint density at radius 3 is 2.38 bits per heavy atom. The van der Waals surface area contributed by atoms with Gasteiger partial charge in [-0.3, -0.25) is 0 Å². The monoisotopic (exact) mass is 285 g/mol. The fourth-order valence-corrected chi connectivity index (χ4v) is 2.03. The van der Waals surface area contributed by atoms with Crippen LogP contribution in [0.1, 0.15) is 11.1 Å². The van der Waals surface area contributed by atoms with Crippen LogP contribution in [0.5, 0.6) is 11.5 Å². The molecule has 0 spiro atoms. The first kappa shape index (κ1) is 15.4. The van der Waals surface area contributed by atoms with Crippen LogP contribution in [0.4, 0.5) is 0 Å². The van der Waals surface area contributed by atoms with Crippen LogP contribution >= 0.6 is 0 Å². The molecule has 0 amide bonds. The lowest BCUT2D eigenvalue weighted by atomic mass is 9.83. The number of ether oxygens (including phenoxy) is 3. The Balaban J connectivity index is 2.09. The minimum Gasteiger partial charge on any atom is -0.497 e. The molecule has 0 aliphatic heterocycles. The van der Waals surface area contributed by atoms with E-state index in [2.05, 4.69) is 0 Å². The average molecular weight is 285 g/mol. The van der Waals surface area contributed by atoms with Gasteiger partial charge in [0.15, 0.2) is 0 Å². The van der Waals surface area contributed by atoms with E-state index in [0.717, 1.165) is 24.4 Å². The number of rotatable bonds is 7. The van der Waals surface area contributed by atoms with E-state index in [-0.39, 0.29) is 0 Å². The molecule has 21 heavy (non-hydrogen) atoms. The molecule has 0 saturated carbocycles. The topological polar surface area (TPSA) is 47.9 Å². The Bertz CT molecular complexity index is 569. The van der Waals surface area contributed by atoms with Crippen LogP contribution in [-0.4, -0.2) is 26.7 Å². The third kappa shape index (κ3) is 4.00. The maximum atomic E-state index is 9.41. The third-order valence-corrected chi connectivity index (χ3v) is 3.14. The summed E-state index contributed by atoms with van der Waals surface area (Å²) in [6.07, 6.45) is 0. The van der Waals surface area contributed by atoms with Gasteiger partial charge in [0.2, 0.25) is 0 Å². The van der Waals surface area contributed by atoms with E-state index in [1.165, 1.54) is 0 Å². The molecule has 109 valence electrons. The minimum absolute atomic E-state index is 0.418. The van der Waals surface area contributed by atoms with Gasteiger partial charge in [-0.1, -0.05) is 24.3 Å². The zero-order valence-corrected chi connectivity index (χ0v) is 12.2. The Morgan fingerprint density at radius 1 is 1.00 bits per heavy atom. The summed E-state index contributed by atoms with van der Waals surface area (Å²) in [7, 11) is 4.31. The first-order valence-electron chi connectivity index (χ1n) is 6.62. The molecule has 4 nitrogen and oxygen atoms in total. The molecule has 0 atom stereocenters. The summed E-state index contributed by atoms with van der Waals surface area (Å²) in [4.78, 5) is 0. The number of methoxy groups -OCH3 is 2. The van der Waals surface area contributed by atoms with Crippen molar-refractivity contribution < 1.29 is 19.2 Å². The largest absolute Gasteiger partial charge is 0.497 e. The molecule has 0 saturated heterocycles. The molecule has 5 heteroatoms. The van der Waals surface area contributed by atoms with Crippen molar-refractivity contribution in [3.63, 3.8) is 0 Å². The van der Waals surface area contributed by atoms with Gasteiger partial charge in [-0.25, -0.2) is 0 Å². The molecular weight excluding hydrogens is 267 g/mol. The van der Waals surface area contributed by atoms with Gasteiger partial charge in [0, 0.05) is 7.11 Å². The molecule has 0 aliphatic carbocycles. The molecule has 2 rings (SSSR count). The standard InChI is InChI=1S/C16H18BO4/c1-19-11-13-4-3-5-15(16(13)17-18)21-10-12-6-8-14(20-2)9-7-12/h3-9,18H,10-11H2,1-2H3. The van der Waals surface area contributed by atoms with E-state index in [4.69, 9.17) is 14.2 Å². The lowest BCUT2D eigenvalue weighted by Gasteiger charge is -2.13. The second-order valence-electron chi connectivity index (χ2n) is 4.53. The maximum absolute atomic E-state index is 9.41. The van der Waals surface area contributed by atoms with Gasteiger partial charge in [0.1, 0.15) is 18.1 Å². The van der Waals surface area contributed by atoms with Crippen LogP contribution in [0.25, 0.3) is 0 Å². The van der Waals surface area contributed by atoms with E-state index in [9.17, 15) is 5.02 Å². The Morgan fingerprint density at radius 2 is 1.76 bits per heavy atom. The summed E-state index contributed by atoms with van der Waals surface area (Å²) >= 11 is 0. The van der Waals surface area contributed by atoms with Crippen molar-refractivity contribution in [1.29, 1.82) is 0 Å². The molecule has 1 N–H and O–H groups in total. The summed E-state index contributed by atoms with van der Waals surface area (Å²) in [5.74, 6) is 1.44. The van der Waals surface area contributed by atoms with Gasteiger partial charge in [0.25, 0.3) is 0 Å². The van der Waals surface area contributed by atoms with Crippen molar-refractivity contribution in [1.82, 2.24) is 0 Å². The third-order valence-electron chi connectivity index (χ3n) is 3.14. The first-order chi connectivity index (χ1) is 10.3. The van der Waals surface area contributed by atoms with Gasteiger partial charge >= 0.3 is 7.48 Å². The van der Waals surface area contributed by atoms with Crippen molar-refractivity contribution in [2.45, 2.75) is 13.2 Å². The van der Waals surface area contributed by atoms with Crippen LogP contribution in [0.15, 0.2) is 42.5 Å². The number of hydrogen-bond acceptors (Lipinski definition) is 4. The Hall–Kier alpha value is -1.98. The molecule has 0 fully saturated rings. The van der Waals surface area contributed by atoms with Gasteiger partial charge in [-0.05, 0) is 34.8 Å². The van der Waals surface area contributed by atoms with Crippen LogP contribution in [0.3, 0.4) is 0 Å². The highest BCUT2D eigenvalue weighted by Crippen LogP contribution is 2.15. The minimum atomic E-state index is 0.418. The second kappa shape index (κ2) is 7.71. The van der Waals surface area contributed by atoms with Crippen molar-refractivity contribution in [3.05, 3.63) is 53.6 Å². The lowest BCUT2D eigenvalue weighted by Crippen LogP contribution is -2.22. The van der Waals surface area contributed by atoms with E-state index in [1.807, 2.05) is 42.5 Å². The van der Waals surface area contributed by atoms with Crippen molar-refractivity contribution in [3.8, 4) is 11.5 Å². The zero-order valence-electron chi connectivity index (χ0n) is 12.2. The molecule has 0 aromatic heterocycles. The van der Waals surface area contributed by atoms with Gasteiger partial charge in [-0.2, -0.15) is 0 Å². The fraction of sp³-hybridized carbons (Fsp3) is 0.250. The highest BCUT2D eigenvalue weighted by atomic mass is 16.5. The highest BCUT2D eigenvalue weighted by Gasteiger charge is 2.10. The van der Waals surface area contributed by atoms with Crippen LogP contribution in [-0.2, 0) is 18.0 Å². The number of benzene rings is 2. The smallest absolute Gasteiger partial charge is 0.331 e. The molecule has 2 aromatic carbocycles. The first-order valence-corrected chi connectivity index (χ1v) is 6.62. The van der Waals surface area contributed by atoms with Gasteiger partial charge in [0.05, 0.1) is 13.7 Å².